The van der Waals surface area contributed by atoms with Gasteiger partial charge in [0, 0.05) is 19.2 Å². The van der Waals surface area contributed by atoms with Crippen LogP contribution >= 0.6 is 12.6 Å². The monoisotopic (exact) mass is 225 g/mol. The van der Waals surface area contributed by atoms with E-state index >= 15 is 0 Å². The van der Waals surface area contributed by atoms with E-state index in [1.165, 1.54) is 6.07 Å². The summed E-state index contributed by atoms with van der Waals surface area (Å²) < 4.78 is 0. The van der Waals surface area contributed by atoms with Crippen molar-refractivity contribution in [2.24, 2.45) is 0 Å². The average molecular weight is 225 g/mol. The molecule has 0 unspecified atom stereocenters. The Bertz CT molecular complexity index is 391. The highest BCUT2D eigenvalue weighted by Crippen LogP contribution is 2.29. The van der Waals surface area contributed by atoms with Gasteiger partial charge < -0.3 is 4.90 Å². The van der Waals surface area contributed by atoms with Crippen molar-refractivity contribution in [2.45, 2.75) is 17.9 Å². The number of anilines is 1. The maximum absolute atomic E-state index is 10.8. The highest BCUT2D eigenvalue weighted by Gasteiger charge is 2.23. The van der Waals surface area contributed by atoms with Crippen LogP contribution in [0.15, 0.2) is 17.2 Å². The van der Waals surface area contributed by atoms with Crippen LogP contribution in [0, 0.1) is 10.1 Å². The van der Waals surface area contributed by atoms with Gasteiger partial charge in [0.1, 0.15) is 0 Å². The van der Waals surface area contributed by atoms with Crippen LogP contribution in [0.2, 0.25) is 0 Å². The van der Waals surface area contributed by atoms with E-state index in [0.717, 1.165) is 25.9 Å². The molecule has 0 aliphatic carbocycles. The standard InChI is InChI=1S/C9H11N3O2S/c13-12(14)7-3-4-8(15)10-9(7)11-5-1-2-6-11/h3-4H,1-2,5-6H2,(H,10,15). The molecule has 0 atom stereocenters. The zero-order chi connectivity index (χ0) is 10.8. The van der Waals surface area contributed by atoms with Crippen molar-refractivity contribution < 1.29 is 4.92 Å². The van der Waals surface area contributed by atoms with Crippen LogP contribution in [-0.4, -0.2) is 23.0 Å². The van der Waals surface area contributed by atoms with E-state index in [-0.39, 0.29) is 5.69 Å². The molecule has 0 spiro atoms. The minimum atomic E-state index is -0.395. The third-order valence-electron chi connectivity index (χ3n) is 2.44. The number of rotatable bonds is 2. The second-order valence-electron chi connectivity index (χ2n) is 3.46. The lowest BCUT2D eigenvalue weighted by molar-refractivity contribution is -0.384. The van der Waals surface area contributed by atoms with E-state index in [1.54, 1.807) is 6.07 Å². The summed E-state index contributed by atoms with van der Waals surface area (Å²) >= 11 is 4.10. The third-order valence-corrected chi connectivity index (χ3v) is 2.69. The van der Waals surface area contributed by atoms with Gasteiger partial charge in [0.2, 0.25) is 5.82 Å². The first-order valence-corrected chi connectivity index (χ1v) is 5.22. The predicted molar refractivity (Wildman–Crippen MR) is 59.6 cm³/mol. The summed E-state index contributed by atoms with van der Waals surface area (Å²) in [5.41, 5.74) is 0.0645. The molecule has 80 valence electrons. The first-order chi connectivity index (χ1) is 7.18. The molecule has 5 nitrogen and oxygen atoms in total. The minimum Gasteiger partial charge on any atom is -0.351 e. The summed E-state index contributed by atoms with van der Waals surface area (Å²) in [6.07, 6.45) is 2.13. The Kier molecular flexibility index (Phi) is 2.77. The van der Waals surface area contributed by atoms with E-state index in [9.17, 15) is 10.1 Å². The molecule has 0 aromatic carbocycles. The topological polar surface area (TPSA) is 59.3 Å². The fourth-order valence-corrected chi connectivity index (χ4v) is 1.90. The summed E-state index contributed by atoms with van der Waals surface area (Å²) in [5.74, 6) is 0.449. The van der Waals surface area contributed by atoms with Gasteiger partial charge in [-0.05, 0) is 18.9 Å². The molecular weight excluding hydrogens is 214 g/mol. The zero-order valence-electron chi connectivity index (χ0n) is 8.09. The highest BCUT2D eigenvalue weighted by atomic mass is 32.1. The number of hydrogen-bond donors (Lipinski definition) is 1. The van der Waals surface area contributed by atoms with Crippen molar-refractivity contribution in [1.82, 2.24) is 4.98 Å². The minimum absolute atomic E-state index is 0.0645. The molecule has 0 N–H and O–H groups in total. The second kappa shape index (κ2) is 4.06. The van der Waals surface area contributed by atoms with Gasteiger partial charge in [-0.25, -0.2) is 4.98 Å². The number of nitrogens with zero attached hydrogens (tertiary/aromatic N) is 3. The van der Waals surface area contributed by atoms with E-state index in [2.05, 4.69) is 17.6 Å². The van der Waals surface area contributed by atoms with E-state index < -0.39 is 4.92 Å². The quantitative estimate of drug-likeness (QED) is 0.474. The predicted octanol–water partition coefficient (Wildman–Crippen LogP) is 1.88. The zero-order valence-corrected chi connectivity index (χ0v) is 8.98. The molecule has 1 saturated heterocycles. The van der Waals surface area contributed by atoms with Gasteiger partial charge in [-0.2, -0.15) is 0 Å². The number of hydrogen-bond acceptors (Lipinski definition) is 5. The molecule has 2 heterocycles. The lowest BCUT2D eigenvalue weighted by atomic mass is 10.3. The van der Waals surface area contributed by atoms with Crippen molar-refractivity contribution in [3.63, 3.8) is 0 Å². The highest BCUT2D eigenvalue weighted by molar-refractivity contribution is 7.80. The van der Waals surface area contributed by atoms with Crippen LogP contribution in [0.5, 0.6) is 0 Å². The molecule has 0 saturated carbocycles. The van der Waals surface area contributed by atoms with Gasteiger partial charge in [-0.3, -0.25) is 10.1 Å². The molecular formula is C9H11N3O2S. The van der Waals surface area contributed by atoms with Gasteiger partial charge in [-0.1, -0.05) is 0 Å². The van der Waals surface area contributed by atoms with Gasteiger partial charge in [-0.15, -0.1) is 12.6 Å². The number of nitro groups is 1. The first-order valence-electron chi connectivity index (χ1n) is 4.78. The van der Waals surface area contributed by atoms with Crippen molar-refractivity contribution >= 4 is 24.1 Å². The number of pyridine rings is 1. The summed E-state index contributed by atoms with van der Waals surface area (Å²) in [6.45, 7) is 1.68. The van der Waals surface area contributed by atoms with Gasteiger partial charge in [0.05, 0.1) is 9.95 Å². The Morgan fingerprint density at radius 2 is 2.07 bits per heavy atom. The number of aromatic nitrogens is 1. The molecule has 15 heavy (non-hydrogen) atoms. The summed E-state index contributed by atoms with van der Waals surface area (Å²) in [7, 11) is 0. The Balaban J connectivity index is 2.41. The Morgan fingerprint density at radius 3 is 2.67 bits per heavy atom. The van der Waals surface area contributed by atoms with Crippen molar-refractivity contribution in [3.8, 4) is 0 Å². The number of thiol groups is 1. The maximum Gasteiger partial charge on any atom is 0.311 e. The molecule has 1 aliphatic heterocycles. The first kappa shape index (κ1) is 10.2. The summed E-state index contributed by atoms with van der Waals surface area (Å²) in [4.78, 5) is 16.5. The lowest BCUT2D eigenvalue weighted by Crippen LogP contribution is -2.20. The van der Waals surface area contributed by atoms with Crippen molar-refractivity contribution in [1.29, 1.82) is 0 Å². The van der Waals surface area contributed by atoms with Gasteiger partial charge in [0.15, 0.2) is 0 Å². The molecule has 1 aromatic heterocycles. The van der Waals surface area contributed by atoms with E-state index in [1.807, 2.05) is 4.90 Å². The molecule has 1 aliphatic rings. The molecule has 0 radical (unpaired) electrons. The van der Waals surface area contributed by atoms with Gasteiger partial charge >= 0.3 is 5.69 Å². The fraction of sp³-hybridized carbons (Fsp3) is 0.444. The third kappa shape index (κ3) is 2.04. The smallest absolute Gasteiger partial charge is 0.311 e. The second-order valence-corrected chi connectivity index (χ2v) is 3.92. The normalized spacial score (nSPS) is 15.7. The Morgan fingerprint density at radius 1 is 1.40 bits per heavy atom. The fourth-order valence-electron chi connectivity index (χ4n) is 1.74. The van der Waals surface area contributed by atoms with Crippen LogP contribution in [0.3, 0.4) is 0 Å². The SMILES string of the molecule is O=[N+]([O-])c1ccc(S)nc1N1CCCC1. The van der Waals surface area contributed by atoms with Crippen molar-refractivity contribution in [2.75, 3.05) is 18.0 Å². The van der Waals surface area contributed by atoms with Gasteiger partial charge in [0.25, 0.3) is 0 Å². The molecule has 6 heteroatoms. The van der Waals surface area contributed by atoms with Crippen LogP contribution in [0.1, 0.15) is 12.8 Å². The van der Waals surface area contributed by atoms with E-state index in [0.29, 0.717) is 10.8 Å². The van der Waals surface area contributed by atoms with Crippen LogP contribution in [0.4, 0.5) is 11.5 Å². The average Bonchev–Trinajstić information content (AvgIpc) is 2.69. The van der Waals surface area contributed by atoms with Crippen molar-refractivity contribution in [3.05, 3.63) is 22.2 Å². The lowest BCUT2D eigenvalue weighted by Gasteiger charge is -2.15. The molecule has 2 rings (SSSR count). The van der Waals surface area contributed by atoms with E-state index in [4.69, 9.17) is 0 Å². The summed E-state index contributed by atoms with van der Waals surface area (Å²) in [5, 5.41) is 11.3. The maximum atomic E-state index is 10.8. The van der Waals surface area contributed by atoms with Crippen LogP contribution in [0.25, 0.3) is 0 Å². The molecule has 0 bridgehead atoms. The molecule has 1 aromatic rings. The Hall–Kier alpha value is -1.30. The largest absolute Gasteiger partial charge is 0.351 e. The summed E-state index contributed by atoms with van der Waals surface area (Å²) in [6, 6.07) is 3.00. The van der Waals surface area contributed by atoms with Crippen LogP contribution < -0.4 is 4.90 Å². The molecule has 0 amide bonds. The Labute approximate surface area is 92.7 Å². The van der Waals surface area contributed by atoms with Crippen LogP contribution in [-0.2, 0) is 0 Å². The molecule has 1 fully saturated rings.